The number of amides is 1. The van der Waals surface area contributed by atoms with Crippen molar-refractivity contribution in [3.05, 3.63) is 83.7 Å². The molecule has 1 N–H and O–H groups in total. The lowest BCUT2D eigenvalue weighted by Gasteiger charge is -2.07. The van der Waals surface area contributed by atoms with Crippen molar-refractivity contribution in [3.8, 4) is 0 Å². The molecule has 0 radical (unpaired) electrons. The van der Waals surface area contributed by atoms with Crippen LogP contribution in [-0.2, 0) is 6.54 Å². The van der Waals surface area contributed by atoms with Crippen LogP contribution in [0.4, 0.5) is 14.5 Å². The number of nitrogens with zero attached hydrogens (tertiary/aromatic N) is 2. The van der Waals surface area contributed by atoms with Crippen LogP contribution in [0, 0.1) is 11.6 Å². The number of hydrogen-bond donors (Lipinski definition) is 1. The lowest BCUT2D eigenvalue weighted by atomic mass is 10.1. The summed E-state index contributed by atoms with van der Waals surface area (Å²) >= 11 is 0. The predicted octanol–water partition coefficient (Wildman–Crippen LogP) is 3.46. The summed E-state index contributed by atoms with van der Waals surface area (Å²) in [6.07, 6.45) is 3.54. The average Bonchev–Trinajstić information content (AvgIpc) is 3.00. The quantitative estimate of drug-likeness (QED) is 0.802. The average molecular weight is 313 g/mol. The third-order valence-electron chi connectivity index (χ3n) is 3.24. The van der Waals surface area contributed by atoms with Gasteiger partial charge in [-0.25, -0.2) is 8.78 Å². The van der Waals surface area contributed by atoms with E-state index in [2.05, 4.69) is 10.4 Å². The molecule has 23 heavy (non-hydrogen) atoms. The van der Waals surface area contributed by atoms with Crippen LogP contribution in [0.3, 0.4) is 0 Å². The Morgan fingerprint density at radius 3 is 2.39 bits per heavy atom. The summed E-state index contributed by atoms with van der Waals surface area (Å²) in [7, 11) is 0. The summed E-state index contributed by atoms with van der Waals surface area (Å²) < 4.78 is 28.0. The Balaban J connectivity index is 1.70. The van der Waals surface area contributed by atoms with Gasteiger partial charge >= 0.3 is 0 Å². The van der Waals surface area contributed by atoms with Gasteiger partial charge in [-0.15, -0.1) is 0 Å². The van der Waals surface area contributed by atoms with Crippen molar-refractivity contribution in [1.82, 2.24) is 9.78 Å². The number of carbonyl (C=O) groups excluding carboxylic acids is 1. The first-order chi connectivity index (χ1) is 11.1. The van der Waals surface area contributed by atoms with E-state index in [9.17, 15) is 13.6 Å². The van der Waals surface area contributed by atoms with Gasteiger partial charge in [-0.3, -0.25) is 9.48 Å². The van der Waals surface area contributed by atoms with E-state index in [1.54, 1.807) is 23.0 Å². The van der Waals surface area contributed by atoms with E-state index in [-0.39, 0.29) is 5.69 Å². The highest BCUT2D eigenvalue weighted by Crippen LogP contribution is 2.14. The Bertz CT molecular complexity index is 794. The van der Waals surface area contributed by atoms with Gasteiger partial charge in [0.1, 0.15) is 11.6 Å². The van der Waals surface area contributed by atoms with Gasteiger partial charge in [0.15, 0.2) is 0 Å². The summed E-state index contributed by atoms with van der Waals surface area (Å²) in [5, 5.41) is 6.58. The van der Waals surface area contributed by atoms with E-state index in [4.69, 9.17) is 0 Å². The van der Waals surface area contributed by atoms with Gasteiger partial charge < -0.3 is 5.32 Å². The molecule has 0 saturated carbocycles. The van der Waals surface area contributed by atoms with E-state index in [1.165, 1.54) is 0 Å². The summed E-state index contributed by atoms with van der Waals surface area (Å²) in [4.78, 5) is 12.1. The van der Waals surface area contributed by atoms with Gasteiger partial charge in [0.2, 0.25) is 0 Å². The molecular formula is C17H13F2N3O. The van der Waals surface area contributed by atoms with Crippen LogP contribution in [0.25, 0.3) is 0 Å². The summed E-state index contributed by atoms with van der Waals surface area (Å²) in [6, 6.07) is 11.6. The largest absolute Gasteiger partial charge is 0.322 e. The maximum absolute atomic E-state index is 13.1. The van der Waals surface area contributed by atoms with Gasteiger partial charge in [0, 0.05) is 29.7 Å². The van der Waals surface area contributed by atoms with E-state index in [0.29, 0.717) is 12.1 Å². The molecule has 2 aromatic carbocycles. The maximum atomic E-state index is 13.1. The molecule has 1 heterocycles. The highest BCUT2D eigenvalue weighted by Gasteiger charge is 2.08. The van der Waals surface area contributed by atoms with Crippen LogP contribution in [0.1, 0.15) is 15.9 Å². The molecule has 0 aliphatic rings. The first-order valence-electron chi connectivity index (χ1n) is 6.94. The van der Waals surface area contributed by atoms with Crippen LogP contribution in [-0.4, -0.2) is 15.7 Å². The fourth-order valence-corrected chi connectivity index (χ4v) is 2.17. The van der Waals surface area contributed by atoms with Crippen molar-refractivity contribution in [1.29, 1.82) is 0 Å². The number of anilines is 1. The zero-order chi connectivity index (χ0) is 16.2. The second-order valence-corrected chi connectivity index (χ2v) is 5.01. The number of halogens is 2. The van der Waals surface area contributed by atoms with Crippen LogP contribution in [0.15, 0.2) is 60.9 Å². The van der Waals surface area contributed by atoms with Crippen molar-refractivity contribution >= 4 is 11.6 Å². The van der Waals surface area contributed by atoms with Crippen molar-refractivity contribution in [2.24, 2.45) is 0 Å². The number of hydrogen-bond acceptors (Lipinski definition) is 2. The molecule has 3 aromatic rings. The number of aromatic nitrogens is 2. The minimum Gasteiger partial charge on any atom is -0.322 e. The monoisotopic (exact) mass is 313 g/mol. The van der Waals surface area contributed by atoms with Gasteiger partial charge in [-0.1, -0.05) is 12.1 Å². The van der Waals surface area contributed by atoms with E-state index in [1.807, 2.05) is 24.4 Å². The minimum atomic E-state index is -0.741. The van der Waals surface area contributed by atoms with Crippen molar-refractivity contribution < 1.29 is 13.6 Å². The molecule has 1 amide bonds. The molecular weight excluding hydrogens is 300 g/mol. The van der Waals surface area contributed by atoms with Gasteiger partial charge in [0.05, 0.1) is 6.54 Å². The van der Waals surface area contributed by atoms with Crippen LogP contribution < -0.4 is 5.32 Å². The molecule has 0 atom stereocenters. The molecule has 4 nitrogen and oxygen atoms in total. The molecule has 6 heteroatoms. The number of nitrogens with one attached hydrogen (secondary N) is 1. The smallest absolute Gasteiger partial charge is 0.255 e. The van der Waals surface area contributed by atoms with Crippen molar-refractivity contribution in [2.75, 3.05) is 5.32 Å². The number of benzene rings is 2. The normalized spacial score (nSPS) is 10.5. The highest BCUT2D eigenvalue weighted by molar-refractivity contribution is 6.04. The second kappa shape index (κ2) is 6.39. The number of carbonyl (C=O) groups is 1. The fourth-order valence-electron chi connectivity index (χ4n) is 2.17. The Kier molecular flexibility index (Phi) is 4.14. The van der Waals surface area contributed by atoms with Crippen molar-refractivity contribution in [2.45, 2.75) is 6.54 Å². The predicted molar refractivity (Wildman–Crippen MR) is 82.1 cm³/mol. The Labute approximate surface area is 131 Å². The molecule has 0 fully saturated rings. The summed E-state index contributed by atoms with van der Waals surface area (Å²) in [5.74, 6) is -1.91. The second-order valence-electron chi connectivity index (χ2n) is 5.01. The third kappa shape index (κ3) is 3.79. The molecule has 1 aromatic heterocycles. The Morgan fingerprint density at radius 2 is 1.78 bits per heavy atom. The topological polar surface area (TPSA) is 46.9 Å². The van der Waals surface area contributed by atoms with Crippen molar-refractivity contribution in [3.63, 3.8) is 0 Å². The van der Waals surface area contributed by atoms with E-state index < -0.39 is 17.5 Å². The van der Waals surface area contributed by atoms with Crippen LogP contribution in [0.5, 0.6) is 0 Å². The van der Waals surface area contributed by atoms with Crippen LogP contribution in [0.2, 0.25) is 0 Å². The Morgan fingerprint density at radius 1 is 1.09 bits per heavy atom. The number of rotatable bonds is 4. The molecule has 0 aliphatic heterocycles. The highest BCUT2D eigenvalue weighted by atomic mass is 19.1. The van der Waals surface area contributed by atoms with E-state index in [0.717, 1.165) is 23.8 Å². The Hall–Kier alpha value is -3.02. The molecule has 0 spiro atoms. The van der Waals surface area contributed by atoms with Crippen LogP contribution >= 0.6 is 0 Å². The molecule has 0 saturated heterocycles. The standard InChI is InChI=1S/C17H13F2N3O/c18-14-8-15(19)10-16(9-14)21-17(23)13-4-2-12(3-5-13)11-22-7-1-6-20-22/h1-10H,11H2,(H,21,23). The third-order valence-corrected chi connectivity index (χ3v) is 3.24. The van der Waals surface area contributed by atoms with E-state index >= 15 is 0 Å². The summed E-state index contributed by atoms with van der Waals surface area (Å²) in [5.41, 5.74) is 1.47. The summed E-state index contributed by atoms with van der Waals surface area (Å²) in [6.45, 7) is 0.601. The SMILES string of the molecule is O=C(Nc1cc(F)cc(F)c1)c1ccc(Cn2cccn2)cc1. The van der Waals surface area contributed by atoms with Gasteiger partial charge in [-0.05, 0) is 35.9 Å². The molecule has 0 bridgehead atoms. The first-order valence-corrected chi connectivity index (χ1v) is 6.94. The molecule has 116 valence electrons. The zero-order valence-electron chi connectivity index (χ0n) is 12.0. The first kappa shape index (κ1) is 14.9. The molecule has 0 unspecified atom stereocenters. The minimum absolute atomic E-state index is 0.0770. The maximum Gasteiger partial charge on any atom is 0.255 e. The molecule has 0 aliphatic carbocycles. The molecule has 3 rings (SSSR count). The zero-order valence-corrected chi connectivity index (χ0v) is 12.0. The van der Waals surface area contributed by atoms with Gasteiger partial charge in [-0.2, -0.15) is 5.10 Å². The van der Waals surface area contributed by atoms with Gasteiger partial charge in [0.25, 0.3) is 5.91 Å². The lowest BCUT2D eigenvalue weighted by molar-refractivity contribution is 0.102. The lowest BCUT2D eigenvalue weighted by Crippen LogP contribution is -2.12. The fraction of sp³-hybridized carbons (Fsp3) is 0.0588.